The Balaban J connectivity index is 1.70. The molecule has 1 heterocycles. The minimum Gasteiger partial charge on any atom is -0.506 e. The monoisotopic (exact) mass is 368 g/mol. The molecule has 6 nitrogen and oxygen atoms in total. The predicted octanol–water partition coefficient (Wildman–Crippen LogP) is 3.38. The molecule has 3 amide bonds. The van der Waals surface area contributed by atoms with Crippen molar-refractivity contribution in [1.82, 2.24) is 4.90 Å². The van der Waals surface area contributed by atoms with Crippen molar-refractivity contribution in [2.45, 2.75) is 6.92 Å². The number of hydrogen-bond donors (Lipinski definition) is 2. The number of rotatable bonds is 4. The van der Waals surface area contributed by atoms with Gasteiger partial charge in [-0.3, -0.25) is 19.3 Å². The second kappa shape index (κ2) is 7.45. The third-order valence-corrected chi connectivity index (χ3v) is 4.64. The third kappa shape index (κ3) is 3.94. The summed E-state index contributed by atoms with van der Waals surface area (Å²) in [6, 6.07) is 13.8. The average Bonchev–Trinajstić information content (AvgIpc) is 2.86. The van der Waals surface area contributed by atoms with Gasteiger partial charge in [0.15, 0.2) is 0 Å². The van der Waals surface area contributed by atoms with E-state index in [0.29, 0.717) is 0 Å². The highest BCUT2D eigenvalue weighted by atomic mass is 32.2. The molecule has 0 bridgehead atoms. The van der Waals surface area contributed by atoms with E-state index in [-0.39, 0.29) is 16.3 Å². The van der Waals surface area contributed by atoms with E-state index in [1.807, 2.05) is 31.2 Å². The summed E-state index contributed by atoms with van der Waals surface area (Å²) in [5.41, 5.74) is 2.12. The van der Waals surface area contributed by atoms with E-state index in [4.69, 9.17) is 0 Å². The Bertz CT molecular complexity index is 906. The topological polar surface area (TPSA) is 86.7 Å². The number of phenols is 1. The van der Waals surface area contributed by atoms with Crippen LogP contribution in [0.4, 0.5) is 10.5 Å². The average molecular weight is 368 g/mol. The number of benzene rings is 2. The summed E-state index contributed by atoms with van der Waals surface area (Å²) in [5, 5.41) is 11.7. The van der Waals surface area contributed by atoms with Crippen LogP contribution < -0.4 is 5.32 Å². The van der Waals surface area contributed by atoms with Crippen molar-refractivity contribution in [3.63, 3.8) is 0 Å². The van der Waals surface area contributed by atoms with Gasteiger partial charge in [-0.2, -0.15) is 0 Å². The van der Waals surface area contributed by atoms with Crippen molar-refractivity contribution in [1.29, 1.82) is 0 Å². The number of amides is 3. The van der Waals surface area contributed by atoms with Gasteiger partial charge in [0.25, 0.3) is 11.1 Å². The molecular formula is C19H16N2O4S. The van der Waals surface area contributed by atoms with E-state index < -0.39 is 23.6 Å². The Morgan fingerprint density at radius 3 is 2.54 bits per heavy atom. The maximum atomic E-state index is 12.4. The van der Waals surface area contributed by atoms with Gasteiger partial charge in [-0.25, -0.2) is 0 Å². The summed E-state index contributed by atoms with van der Waals surface area (Å²) >= 11 is 0.801. The molecule has 1 aliphatic rings. The smallest absolute Gasteiger partial charge is 0.294 e. The molecule has 2 aromatic rings. The summed E-state index contributed by atoms with van der Waals surface area (Å²) in [7, 11) is 0. The first-order chi connectivity index (χ1) is 12.4. The number of aromatic hydroxyl groups is 1. The number of hydrogen-bond acceptors (Lipinski definition) is 5. The molecule has 26 heavy (non-hydrogen) atoms. The number of carbonyl (C=O) groups excluding carboxylic acids is 3. The zero-order valence-corrected chi connectivity index (χ0v) is 14.7. The van der Waals surface area contributed by atoms with Gasteiger partial charge < -0.3 is 10.4 Å². The van der Waals surface area contributed by atoms with Gasteiger partial charge in [0.2, 0.25) is 5.91 Å². The molecule has 0 unspecified atom stereocenters. The number of anilines is 1. The third-order valence-electron chi connectivity index (χ3n) is 3.73. The molecule has 7 heteroatoms. The van der Waals surface area contributed by atoms with E-state index in [1.165, 1.54) is 12.1 Å². The highest BCUT2D eigenvalue weighted by molar-refractivity contribution is 8.18. The Morgan fingerprint density at radius 2 is 1.85 bits per heavy atom. The molecular weight excluding hydrogens is 352 g/mol. The zero-order chi connectivity index (χ0) is 18.7. The molecule has 1 aliphatic heterocycles. The van der Waals surface area contributed by atoms with Gasteiger partial charge in [-0.15, -0.1) is 0 Å². The fourth-order valence-corrected chi connectivity index (χ4v) is 3.20. The van der Waals surface area contributed by atoms with Crippen LogP contribution >= 0.6 is 11.8 Å². The van der Waals surface area contributed by atoms with E-state index in [2.05, 4.69) is 5.32 Å². The minimum atomic E-state index is -0.564. The molecule has 2 aromatic carbocycles. The number of nitrogens with zero attached hydrogens (tertiary/aromatic N) is 1. The number of phenolic OH excluding ortho intramolecular Hbond substituents is 1. The number of nitrogens with one attached hydrogen (secondary N) is 1. The van der Waals surface area contributed by atoms with Crippen molar-refractivity contribution in [2.75, 3.05) is 11.9 Å². The largest absolute Gasteiger partial charge is 0.506 e. The maximum Gasteiger partial charge on any atom is 0.294 e. The predicted molar refractivity (Wildman–Crippen MR) is 101 cm³/mol. The van der Waals surface area contributed by atoms with Crippen LogP contribution in [0, 0.1) is 6.92 Å². The van der Waals surface area contributed by atoms with Gasteiger partial charge in [0.05, 0.1) is 10.6 Å². The Kier molecular flexibility index (Phi) is 5.09. The Morgan fingerprint density at radius 1 is 1.15 bits per heavy atom. The molecule has 1 saturated heterocycles. The molecule has 2 N–H and O–H groups in total. The summed E-state index contributed by atoms with van der Waals surface area (Å²) in [6.45, 7) is 1.55. The van der Waals surface area contributed by atoms with Crippen LogP contribution in [0.1, 0.15) is 11.1 Å². The van der Waals surface area contributed by atoms with Crippen LogP contribution in [-0.4, -0.2) is 33.6 Å². The molecule has 0 aliphatic carbocycles. The lowest BCUT2D eigenvalue weighted by Crippen LogP contribution is -2.36. The number of imide groups is 1. The second-order valence-corrected chi connectivity index (χ2v) is 6.74. The van der Waals surface area contributed by atoms with Crippen LogP contribution in [0.5, 0.6) is 5.75 Å². The number of aryl methyl sites for hydroxylation is 1. The van der Waals surface area contributed by atoms with Crippen LogP contribution in [0.15, 0.2) is 53.4 Å². The van der Waals surface area contributed by atoms with Gasteiger partial charge in [0.1, 0.15) is 12.3 Å². The van der Waals surface area contributed by atoms with Crippen LogP contribution in [0.3, 0.4) is 0 Å². The second-order valence-electron chi connectivity index (χ2n) is 5.74. The normalized spacial score (nSPS) is 15.6. The minimum absolute atomic E-state index is 0.0887. The highest BCUT2D eigenvalue weighted by Crippen LogP contribution is 2.32. The Labute approximate surface area is 154 Å². The van der Waals surface area contributed by atoms with Crippen molar-refractivity contribution in [3.05, 3.63) is 64.6 Å². The molecule has 0 spiro atoms. The molecule has 0 radical (unpaired) electrons. The molecule has 1 fully saturated rings. The van der Waals surface area contributed by atoms with E-state index in [9.17, 15) is 19.5 Å². The van der Waals surface area contributed by atoms with E-state index in [1.54, 1.807) is 18.2 Å². The van der Waals surface area contributed by atoms with Crippen LogP contribution in [-0.2, 0) is 9.59 Å². The van der Waals surface area contributed by atoms with E-state index in [0.717, 1.165) is 27.8 Å². The van der Waals surface area contributed by atoms with Gasteiger partial charge in [-0.1, -0.05) is 42.0 Å². The van der Waals surface area contributed by atoms with Crippen LogP contribution in [0.25, 0.3) is 6.08 Å². The number of carbonyl (C=O) groups is 3. The molecule has 0 saturated carbocycles. The Hall–Kier alpha value is -3.06. The van der Waals surface area contributed by atoms with E-state index >= 15 is 0 Å². The first kappa shape index (κ1) is 17.8. The standard InChI is InChI=1S/C19H16N2O4S/c1-12-6-8-13(9-7-12)10-16-18(24)21(19(25)26-16)11-17(23)20-14-4-2-3-5-15(14)22/h2-10,22H,11H2,1H3,(H,20,23)/b16-10-. The molecule has 132 valence electrons. The van der Waals surface area contributed by atoms with Crippen molar-refractivity contribution in [2.24, 2.45) is 0 Å². The fraction of sp³-hybridized carbons (Fsp3) is 0.105. The van der Waals surface area contributed by atoms with Crippen LogP contribution in [0.2, 0.25) is 0 Å². The summed E-state index contributed by atoms with van der Waals surface area (Å²) in [5.74, 6) is -1.16. The molecule has 0 aromatic heterocycles. The fourth-order valence-electron chi connectivity index (χ4n) is 2.36. The highest BCUT2D eigenvalue weighted by Gasteiger charge is 2.36. The molecule has 0 atom stereocenters. The van der Waals surface area contributed by atoms with Crippen molar-refractivity contribution in [3.8, 4) is 5.75 Å². The number of thioether (sulfide) groups is 1. The lowest BCUT2D eigenvalue weighted by atomic mass is 10.1. The van der Waals surface area contributed by atoms with Crippen molar-refractivity contribution >= 4 is 40.6 Å². The summed E-state index contributed by atoms with van der Waals surface area (Å²) in [6.07, 6.45) is 1.63. The first-order valence-electron chi connectivity index (χ1n) is 7.84. The van der Waals surface area contributed by atoms with Gasteiger partial charge in [-0.05, 0) is 42.5 Å². The van der Waals surface area contributed by atoms with Crippen molar-refractivity contribution < 1.29 is 19.5 Å². The first-order valence-corrected chi connectivity index (χ1v) is 8.65. The zero-order valence-electron chi connectivity index (χ0n) is 13.9. The SMILES string of the molecule is Cc1ccc(/C=C2\SC(=O)N(CC(=O)Nc3ccccc3O)C2=O)cc1. The lowest BCUT2D eigenvalue weighted by molar-refractivity contribution is -0.127. The van der Waals surface area contributed by atoms with Gasteiger partial charge >= 0.3 is 0 Å². The number of para-hydroxylation sites is 2. The quantitative estimate of drug-likeness (QED) is 0.638. The van der Waals surface area contributed by atoms with Gasteiger partial charge in [0, 0.05) is 0 Å². The maximum absolute atomic E-state index is 12.4. The summed E-state index contributed by atoms with van der Waals surface area (Å²) in [4.78, 5) is 37.8. The molecule has 3 rings (SSSR count). The lowest BCUT2D eigenvalue weighted by Gasteiger charge is -2.13. The summed E-state index contributed by atoms with van der Waals surface area (Å²) < 4.78 is 0.